The predicted octanol–water partition coefficient (Wildman–Crippen LogP) is 4.13. The highest BCUT2D eigenvalue weighted by Gasteiger charge is 2.12. The lowest BCUT2D eigenvalue weighted by molar-refractivity contribution is 0.0817. The van der Waals surface area contributed by atoms with Crippen molar-refractivity contribution in [3.8, 4) is 5.75 Å². The molecule has 0 spiro atoms. The van der Waals surface area contributed by atoms with Gasteiger partial charge in [-0.1, -0.05) is 30.3 Å². The van der Waals surface area contributed by atoms with Gasteiger partial charge in [0.1, 0.15) is 5.75 Å². The Bertz CT molecular complexity index is 855. The molecule has 0 aliphatic heterocycles. The lowest BCUT2D eigenvalue weighted by atomic mass is 10.1. The molecule has 0 amide bonds. The van der Waals surface area contributed by atoms with Crippen molar-refractivity contribution in [2.24, 2.45) is 0 Å². The topological polar surface area (TPSA) is 44.1 Å². The van der Waals surface area contributed by atoms with Crippen molar-refractivity contribution in [1.82, 2.24) is 9.78 Å². The highest BCUT2D eigenvalue weighted by Crippen LogP contribution is 2.32. The SMILES string of the molecule is Cc1cc(C)n(C(=O)COc2ccc3ccccc3c2Br)n1. The van der Waals surface area contributed by atoms with Gasteiger partial charge in [-0.3, -0.25) is 4.79 Å². The number of rotatable bonds is 3. The van der Waals surface area contributed by atoms with E-state index < -0.39 is 0 Å². The second-order valence-corrected chi connectivity index (χ2v) is 5.91. The minimum atomic E-state index is -0.189. The summed E-state index contributed by atoms with van der Waals surface area (Å²) in [7, 11) is 0. The molecular formula is C17H15BrN2O2. The van der Waals surface area contributed by atoms with Crippen LogP contribution in [0.2, 0.25) is 0 Å². The van der Waals surface area contributed by atoms with Gasteiger partial charge < -0.3 is 4.74 Å². The van der Waals surface area contributed by atoms with Crippen LogP contribution in [0.15, 0.2) is 46.9 Å². The first-order valence-corrected chi connectivity index (χ1v) is 7.72. The van der Waals surface area contributed by atoms with Crippen molar-refractivity contribution in [1.29, 1.82) is 0 Å². The molecule has 0 aliphatic rings. The molecule has 0 fully saturated rings. The monoisotopic (exact) mass is 358 g/mol. The summed E-state index contributed by atoms with van der Waals surface area (Å²) in [4.78, 5) is 12.2. The molecule has 0 radical (unpaired) electrons. The highest BCUT2D eigenvalue weighted by molar-refractivity contribution is 9.10. The first kappa shape index (κ1) is 14.8. The minimum Gasteiger partial charge on any atom is -0.482 e. The molecular weight excluding hydrogens is 344 g/mol. The van der Waals surface area contributed by atoms with Gasteiger partial charge in [-0.15, -0.1) is 0 Å². The number of hydrogen-bond donors (Lipinski definition) is 0. The fourth-order valence-corrected chi connectivity index (χ4v) is 3.01. The van der Waals surface area contributed by atoms with E-state index in [2.05, 4.69) is 21.0 Å². The van der Waals surface area contributed by atoms with Crippen LogP contribution in [0.3, 0.4) is 0 Å². The number of aromatic nitrogens is 2. The quantitative estimate of drug-likeness (QED) is 0.706. The second kappa shape index (κ2) is 5.93. The van der Waals surface area contributed by atoms with Crippen LogP contribution in [0.1, 0.15) is 16.2 Å². The summed E-state index contributed by atoms with van der Waals surface area (Å²) in [6.45, 7) is 3.65. The van der Waals surface area contributed by atoms with Crippen molar-refractivity contribution in [3.63, 3.8) is 0 Å². The third-order valence-electron chi connectivity index (χ3n) is 3.42. The Morgan fingerprint density at radius 1 is 1.23 bits per heavy atom. The molecule has 2 aromatic carbocycles. The average Bonchev–Trinajstić information content (AvgIpc) is 2.85. The Hall–Kier alpha value is -2.14. The van der Waals surface area contributed by atoms with E-state index in [1.54, 1.807) is 0 Å². The number of nitrogens with zero attached hydrogens (tertiary/aromatic N) is 2. The number of benzene rings is 2. The molecule has 0 atom stereocenters. The molecule has 0 N–H and O–H groups in total. The van der Waals surface area contributed by atoms with E-state index in [-0.39, 0.29) is 12.5 Å². The van der Waals surface area contributed by atoms with E-state index in [1.165, 1.54) is 4.68 Å². The van der Waals surface area contributed by atoms with Gasteiger partial charge in [0.15, 0.2) is 6.61 Å². The van der Waals surface area contributed by atoms with Gasteiger partial charge in [0.05, 0.1) is 10.2 Å². The normalized spacial score (nSPS) is 10.9. The fourth-order valence-electron chi connectivity index (χ4n) is 2.41. The number of halogens is 1. The summed E-state index contributed by atoms with van der Waals surface area (Å²) < 4.78 is 7.90. The molecule has 112 valence electrons. The molecule has 22 heavy (non-hydrogen) atoms. The summed E-state index contributed by atoms with van der Waals surface area (Å²) in [6.07, 6.45) is 0. The first-order chi connectivity index (χ1) is 10.6. The van der Waals surface area contributed by atoms with Crippen LogP contribution in [-0.4, -0.2) is 22.3 Å². The molecule has 3 aromatic rings. The van der Waals surface area contributed by atoms with Crippen molar-refractivity contribution in [2.45, 2.75) is 13.8 Å². The number of hydrogen-bond acceptors (Lipinski definition) is 3. The van der Waals surface area contributed by atoms with E-state index in [0.29, 0.717) is 5.75 Å². The zero-order chi connectivity index (χ0) is 15.7. The minimum absolute atomic E-state index is 0.0566. The molecule has 4 nitrogen and oxygen atoms in total. The molecule has 3 rings (SSSR count). The maximum atomic E-state index is 12.2. The third-order valence-corrected chi connectivity index (χ3v) is 4.24. The van der Waals surface area contributed by atoms with E-state index in [9.17, 15) is 4.79 Å². The maximum Gasteiger partial charge on any atom is 0.284 e. The molecule has 0 bridgehead atoms. The van der Waals surface area contributed by atoms with Crippen LogP contribution in [0, 0.1) is 13.8 Å². The largest absolute Gasteiger partial charge is 0.482 e. The molecule has 1 aromatic heterocycles. The Balaban J connectivity index is 1.81. The van der Waals surface area contributed by atoms with E-state index >= 15 is 0 Å². The van der Waals surface area contributed by atoms with Crippen LogP contribution in [0.5, 0.6) is 5.75 Å². The van der Waals surface area contributed by atoms with E-state index in [1.807, 2.05) is 56.3 Å². The Labute approximate surface area is 136 Å². The van der Waals surface area contributed by atoms with Crippen molar-refractivity contribution < 1.29 is 9.53 Å². The predicted molar refractivity (Wildman–Crippen MR) is 89.5 cm³/mol. The highest BCUT2D eigenvalue weighted by atomic mass is 79.9. The first-order valence-electron chi connectivity index (χ1n) is 6.93. The van der Waals surface area contributed by atoms with Gasteiger partial charge >= 0.3 is 0 Å². The lowest BCUT2D eigenvalue weighted by Gasteiger charge is -2.10. The summed E-state index contributed by atoms with van der Waals surface area (Å²) in [5, 5.41) is 6.34. The number of ether oxygens (including phenoxy) is 1. The summed E-state index contributed by atoms with van der Waals surface area (Å²) in [6, 6.07) is 13.7. The molecule has 0 saturated heterocycles. The van der Waals surface area contributed by atoms with Crippen LogP contribution < -0.4 is 4.74 Å². The number of carbonyl (C=O) groups excluding carboxylic acids is 1. The molecule has 0 aliphatic carbocycles. The summed E-state index contributed by atoms with van der Waals surface area (Å²) >= 11 is 3.55. The zero-order valence-corrected chi connectivity index (χ0v) is 13.9. The maximum absolute atomic E-state index is 12.2. The molecule has 5 heteroatoms. The third kappa shape index (κ3) is 2.76. The standard InChI is InChI=1S/C17H15BrN2O2/c1-11-9-12(2)20(19-11)16(21)10-22-15-8-7-13-5-3-4-6-14(13)17(15)18/h3-9H,10H2,1-2H3. The van der Waals surface area contributed by atoms with Crippen molar-refractivity contribution >= 4 is 32.6 Å². The van der Waals surface area contributed by atoms with Gasteiger partial charge in [-0.25, -0.2) is 4.68 Å². The Morgan fingerprint density at radius 3 is 2.73 bits per heavy atom. The number of aryl methyl sites for hydroxylation is 2. The second-order valence-electron chi connectivity index (χ2n) is 5.12. The van der Waals surface area contributed by atoms with Crippen LogP contribution in [-0.2, 0) is 0 Å². The Kier molecular flexibility index (Phi) is 3.98. The number of fused-ring (bicyclic) bond motifs is 1. The molecule has 0 unspecified atom stereocenters. The van der Waals surface area contributed by atoms with E-state index in [0.717, 1.165) is 26.6 Å². The smallest absolute Gasteiger partial charge is 0.284 e. The van der Waals surface area contributed by atoms with Crippen LogP contribution in [0.4, 0.5) is 0 Å². The van der Waals surface area contributed by atoms with E-state index in [4.69, 9.17) is 4.74 Å². The average molecular weight is 359 g/mol. The van der Waals surface area contributed by atoms with Gasteiger partial charge in [0.25, 0.3) is 5.91 Å². The van der Waals surface area contributed by atoms with Gasteiger partial charge in [0.2, 0.25) is 0 Å². The van der Waals surface area contributed by atoms with Crippen LogP contribution in [0.25, 0.3) is 10.8 Å². The number of carbonyl (C=O) groups is 1. The van der Waals surface area contributed by atoms with Crippen molar-refractivity contribution in [2.75, 3.05) is 6.61 Å². The Morgan fingerprint density at radius 2 is 2.00 bits per heavy atom. The van der Waals surface area contributed by atoms with Gasteiger partial charge in [-0.2, -0.15) is 5.10 Å². The van der Waals surface area contributed by atoms with Gasteiger partial charge in [-0.05, 0) is 52.7 Å². The molecule has 1 heterocycles. The lowest BCUT2D eigenvalue weighted by Crippen LogP contribution is -2.21. The fraction of sp³-hybridized carbons (Fsp3) is 0.176. The summed E-state index contributed by atoms with van der Waals surface area (Å²) in [5.41, 5.74) is 1.63. The van der Waals surface area contributed by atoms with Crippen LogP contribution >= 0.6 is 15.9 Å². The zero-order valence-electron chi connectivity index (χ0n) is 12.3. The molecule has 0 saturated carbocycles. The van der Waals surface area contributed by atoms with Gasteiger partial charge in [0, 0.05) is 5.69 Å². The van der Waals surface area contributed by atoms with Crippen molar-refractivity contribution in [3.05, 3.63) is 58.3 Å². The summed E-state index contributed by atoms with van der Waals surface area (Å²) in [5.74, 6) is 0.458.